The summed E-state index contributed by atoms with van der Waals surface area (Å²) < 4.78 is 0. The molecule has 0 spiro atoms. The molecule has 2 unspecified atom stereocenters. The second kappa shape index (κ2) is 5.19. The van der Waals surface area contributed by atoms with Gasteiger partial charge in [-0.05, 0) is 17.5 Å². The summed E-state index contributed by atoms with van der Waals surface area (Å²) in [5.74, 6) is 0. The van der Waals surface area contributed by atoms with Gasteiger partial charge in [0.25, 0.3) is 0 Å². The first-order chi connectivity index (χ1) is 8.08. The van der Waals surface area contributed by atoms with E-state index in [1.165, 1.54) is 11.1 Å². The van der Waals surface area contributed by atoms with Gasteiger partial charge in [0, 0.05) is 24.2 Å². The summed E-state index contributed by atoms with van der Waals surface area (Å²) in [5, 5.41) is 7.37. The lowest BCUT2D eigenvalue weighted by molar-refractivity contribution is 0.356. The number of rotatable bonds is 4. The van der Waals surface area contributed by atoms with E-state index in [0.717, 1.165) is 6.42 Å². The summed E-state index contributed by atoms with van der Waals surface area (Å²) >= 11 is 0. The van der Waals surface area contributed by atoms with Crippen LogP contribution in [0.3, 0.4) is 0 Å². The van der Waals surface area contributed by atoms with E-state index in [0.29, 0.717) is 24.2 Å². The topological polar surface area (TPSA) is 24.1 Å². The van der Waals surface area contributed by atoms with Gasteiger partial charge < -0.3 is 10.6 Å². The largest absolute Gasteiger partial charge is 0.310 e. The zero-order valence-electron chi connectivity index (χ0n) is 11.3. The van der Waals surface area contributed by atoms with Crippen molar-refractivity contribution in [3.05, 3.63) is 35.4 Å². The third-order valence-corrected chi connectivity index (χ3v) is 3.29. The van der Waals surface area contributed by atoms with Crippen molar-refractivity contribution >= 4 is 0 Å². The molecule has 1 aliphatic carbocycles. The van der Waals surface area contributed by atoms with Crippen LogP contribution in [0.1, 0.15) is 44.9 Å². The fourth-order valence-electron chi connectivity index (χ4n) is 2.74. The fraction of sp³-hybridized carbons (Fsp3) is 0.600. The summed E-state index contributed by atoms with van der Waals surface area (Å²) in [6, 6.07) is 10.8. The minimum atomic E-state index is 0.452. The van der Waals surface area contributed by atoms with Gasteiger partial charge in [-0.1, -0.05) is 52.0 Å². The SMILES string of the molecule is CC(C)NC1Cc2ccccc2C1NC(C)C. The van der Waals surface area contributed by atoms with Gasteiger partial charge in [0.05, 0.1) is 0 Å². The number of fused-ring (bicyclic) bond motifs is 1. The predicted molar refractivity (Wildman–Crippen MR) is 73.2 cm³/mol. The minimum absolute atomic E-state index is 0.452. The van der Waals surface area contributed by atoms with Gasteiger partial charge in [0.15, 0.2) is 0 Å². The molecule has 0 radical (unpaired) electrons. The number of hydrogen-bond donors (Lipinski definition) is 2. The molecule has 2 rings (SSSR count). The van der Waals surface area contributed by atoms with Crippen LogP contribution in [-0.2, 0) is 6.42 Å². The fourth-order valence-corrected chi connectivity index (χ4v) is 2.74. The molecule has 1 aromatic rings. The molecule has 0 fully saturated rings. The first-order valence-corrected chi connectivity index (χ1v) is 6.68. The molecule has 2 heteroatoms. The number of hydrogen-bond acceptors (Lipinski definition) is 2. The molecule has 2 N–H and O–H groups in total. The maximum Gasteiger partial charge on any atom is 0.0483 e. The van der Waals surface area contributed by atoms with Crippen molar-refractivity contribution in [2.45, 2.75) is 58.3 Å². The Morgan fingerprint density at radius 3 is 2.29 bits per heavy atom. The summed E-state index contributed by atoms with van der Waals surface area (Å²) in [6.07, 6.45) is 1.14. The molecule has 17 heavy (non-hydrogen) atoms. The van der Waals surface area contributed by atoms with Crippen LogP contribution in [0.2, 0.25) is 0 Å². The highest BCUT2D eigenvalue weighted by atomic mass is 15.1. The van der Waals surface area contributed by atoms with E-state index in [-0.39, 0.29) is 0 Å². The highest BCUT2D eigenvalue weighted by molar-refractivity contribution is 5.37. The maximum atomic E-state index is 3.69. The van der Waals surface area contributed by atoms with E-state index in [1.807, 2.05) is 0 Å². The lowest BCUT2D eigenvalue weighted by atomic mass is 10.1. The van der Waals surface area contributed by atoms with E-state index in [2.05, 4.69) is 62.6 Å². The number of benzene rings is 1. The molecule has 1 aliphatic rings. The molecular formula is C15H24N2. The van der Waals surface area contributed by atoms with Crippen molar-refractivity contribution in [2.75, 3.05) is 0 Å². The van der Waals surface area contributed by atoms with E-state index < -0.39 is 0 Å². The second-order valence-electron chi connectivity index (χ2n) is 5.63. The molecule has 0 aliphatic heterocycles. The standard InChI is InChI=1S/C15H24N2/c1-10(2)16-14-9-12-7-5-6-8-13(12)15(14)17-11(3)4/h5-8,10-11,14-17H,9H2,1-4H3. The zero-order valence-corrected chi connectivity index (χ0v) is 11.3. The Bertz CT molecular complexity index is 371. The molecule has 0 bridgehead atoms. The molecule has 94 valence electrons. The second-order valence-corrected chi connectivity index (χ2v) is 5.63. The van der Waals surface area contributed by atoms with Gasteiger partial charge >= 0.3 is 0 Å². The molecule has 0 heterocycles. The Morgan fingerprint density at radius 1 is 1.00 bits per heavy atom. The average molecular weight is 232 g/mol. The van der Waals surface area contributed by atoms with Crippen molar-refractivity contribution in [1.82, 2.24) is 10.6 Å². The first-order valence-electron chi connectivity index (χ1n) is 6.68. The van der Waals surface area contributed by atoms with Crippen LogP contribution in [0.25, 0.3) is 0 Å². The van der Waals surface area contributed by atoms with Gasteiger partial charge in [-0.3, -0.25) is 0 Å². The quantitative estimate of drug-likeness (QED) is 0.834. The van der Waals surface area contributed by atoms with Crippen molar-refractivity contribution < 1.29 is 0 Å². The number of nitrogens with one attached hydrogen (secondary N) is 2. The Labute approximate surface area is 105 Å². The van der Waals surface area contributed by atoms with Crippen LogP contribution < -0.4 is 10.6 Å². The molecule has 2 atom stereocenters. The van der Waals surface area contributed by atoms with E-state index in [4.69, 9.17) is 0 Å². The summed E-state index contributed by atoms with van der Waals surface area (Å²) in [4.78, 5) is 0. The Balaban J connectivity index is 2.20. The zero-order chi connectivity index (χ0) is 12.4. The Morgan fingerprint density at radius 2 is 1.65 bits per heavy atom. The minimum Gasteiger partial charge on any atom is -0.310 e. The van der Waals surface area contributed by atoms with Crippen molar-refractivity contribution in [2.24, 2.45) is 0 Å². The lowest BCUT2D eigenvalue weighted by Gasteiger charge is -2.26. The summed E-state index contributed by atoms with van der Waals surface area (Å²) in [7, 11) is 0. The highest BCUT2D eigenvalue weighted by Gasteiger charge is 2.32. The normalized spacial score (nSPS) is 23.4. The van der Waals surface area contributed by atoms with Crippen LogP contribution in [0.5, 0.6) is 0 Å². The van der Waals surface area contributed by atoms with Crippen molar-refractivity contribution in [3.63, 3.8) is 0 Å². The highest BCUT2D eigenvalue weighted by Crippen LogP contribution is 2.31. The van der Waals surface area contributed by atoms with E-state index >= 15 is 0 Å². The smallest absolute Gasteiger partial charge is 0.0483 e. The van der Waals surface area contributed by atoms with Gasteiger partial charge in [0.1, 0.15) is 0 Å². The third-order valence-electron chi connectivity index (χ3n) is 3.29. The predicted octanol–water partition coefficient (Wildman–Crippen LogP) is 2.65. The molecule has 0 amide bonds. The molecular weight excluding hydrogens is 208 g/mol. The maximum absolute atomic E-state index is 3.69. The van der Waals surface area contributed by atoms with Crippen LogP contribution >= 0.6 is 0 Å². The van der Waals surface area contributed by atoms with Gasteiger partial charge in [-0.25, -0.2) is 0 Å². The van der Waals surface area contributed by atoms with Gasteiger partial charge in [-0.2, -0.15) is 0 Å². The third kappa shape index (κ3) is 2.88. The van der Waals surface area contributed by atoms with Crippen molar-refractivity contribution in [1.29, 1.82) is 0 Å². The molecule has 1 aromatic carbocycles. The van der Waals surface area contributed by atoms with E-state index in [1.54, 1.807) is 0 Å². The Kier molecular flexibility index (Phi) is 3.85. The van der Waals surface area contributed by atoms with Crippen LogP contribution in [0, 0.1) is 0 Å². The Hall–Kier alpha value is -0.860. The van der Waals surface area contributed by atoms with Crippen LogP contribution in [0.4, 0.5) is 0 Å². The first kappa shape index (κ1) is 12.6. The lowest BCUT2D eigenvalue weighted by Crippen LogP contribution is -2.44. The molecule has 2 nitrogen and oxygen atoms in total. The average Bonchev–Trinajstić information content (AvgIpc) is 2.55. The summed E-state index contributed by atoms with van der Waals surface area (Å²) in [5.41, 5.74) is 2.96. The van der Waals surface area contributed by atoms with Gasteiger partial charge in [-0.15, -0.1) is 0 Å². The monoisotopic (exact) mass is 232 g/mol. The molecule has 0 saturated heterocycles. The van der Waals surface area contributed by atoms with Crippen LogP contribution in [-0.4, -0.2) is 18.1 Å². The molecule has 0 aromatic heterocycles. The summed E-state index contributed by atoms with van der Waals surface area (Å²) in [6.45, 7) is 8.87. The van der Waals surface area contributed by atoms with Gasteiger partial charge in [0.2, 0.25) is 0 Å². The van der Waals surface area contributed by atoms with E-state index in [9.17, 15) is 0 Å². The molecule has 0 saturated carbocycles. The van der Waals surface area contributed by atoms with Crippen LogP contribution in [0.15, 0.2) is 24.3 Å². The van der Waals surface area contributed by atoms with Crippen molar-refractivity contribution in [3.8, 4) is 0 Å².